The predicted molar refractivity (Wildman–Crippen MR) is 77.1 cm³/mol. The monoisotopic (exact) mass is 241 g/mol. The van der Waals surface area contributed by atoms with Crippen LogP contribution in [0.25, 0.3) is 0 Å². The first-order chi connectivity index (χ1) is 8.65. The topological polar surface area (TPSA) is 28.2 Å². The fraction of sp³-hybridized carbons (Fsp3) is 0.267. The summed E-state index contributed by atoms with van der Waals surface area (Å²) in [5, 5.41) is 3.39. The number of aromatic nitrogens is 1. The maximum absolute atomic E-state index is 4.38. The summed E-state index contributed by atoms with van der Waals surface area (Å²) >= 11 is 0. The van der Waals surface area contributed by atoms with E-state index in [4.69, 9.17) is 0 Å². The Hall–Kier alpha value is -2.03. The van der Waals surface area contributed by atoms with E-state index in [1.165, 1.54) is 11.3 Å². The standard InChI is InChI=1S/C15H19N3/c1-12-7-8-14(16-10-12)11-17-13-5-4-6-15(9-13)18(2)3/h4-10,17H,11H2,1-3H3. The van der Waals surface area contributed by atoms with Gasteiger partial charge in [-0.05, 0) is 36.8 Å². The number of pyridine rings is 1. The number of rotatable bonds is 4. The summed E-state index contributed by atoms with van der Waals surface area (Å²) in [6.45, 7) is 2.79. The van der Waals surface area contributed by atoms with Gasteiger partial charge in [-0.3, -0.25) is 4.98 Å². The molecule has 0 unspecified atom stereocenters. The molecule has 0 bridgehead atoms. The molecule has 2 rings (SSSR count). The summed E-state index contributed by atoms with van der Waals surface area (Å²) in [5.74, 6) is 0. The van der Waals surface area contributed by atoms with Crippen molar-refractivity contribution in [2.24, 2.45) is 0 Å². The first-order valence-electron chi connectivity index (χ1n) is 6.08. The summed E-state index contributed by atoms with van der Waals surface area (Å²) in [6, 6.07) is 12.5. The van der Waals surface area contributed by atoms with E-state index in [1.54, 1.807) is 0 Å². The molecule has 0 spiro atoms. The highest BCUT2D eigenvalue weighted by atomic mass is 15.1. The molecule has 18 heavy (non-hydrogen) atoms. The van der Waals surface area contributed by atoms with Crippen LogP contribution in [0, 0.1) is 6.92 Å². The summed E-state index contributed by atoms with van der Waals surface area (Å²) in [7, 11) is 4.08. The number of benzene rings is 1. The van der Waals surface area contributed by atoms with Gasteiger partial charge in [0.05, 0.1) is 12.2 Å². The number of nitrogens with zero attached hydrogens (tertiary/aromatic N) is 2. The molecule has 94 valence electrons. The lowest BCUT2D eigenvalue weighted by atomic mass is 10.2. The fourth-order valence-electron chi connectivity index (χ4n) is 1.69. The summed E-state index contributed by atoms with van der Waals surface area (Å²) in [4.78, 5) is 6.47. The van der Waals surface area contributed by atoms with E-state index in [-0.39, 0.29) is 0 Å². The second kappa shape index (κ2) is 5.54. The highest BCUT2D eigenvalue weighted by Gasteiger charge is 1.98. The molecule has 3 nitrogen and oxygen atoms in total. The average Bonchev–Trinajstić information content (AvgIpc) is 2.38. The zero-order chi connectivity index (χ0) is 13.0. The van der Waals surface area contributed by atoms with Gasteiger partial charge in [-0.2, -0.15) is 0 Å². The lowest BCUT2D eigenvalue weighted by Gasteiger charge is -2.14. The molecule has 0 saturated heterocycles. The Labute approximate surface area is 108 Å². The summed E-state index contributed by atoms with van der Waals surface area (Å²) in [6.07, 6.45) is 1.90. The van der Waals surface area contributed by atoms with Crippen LogP contribution in [-0.2, 0) is 6.54 Å². The van der Waals surface area contributed by atoms with Crippen LogP contribution in [0.5, 0.6) is 0 Å². The van der Waals surface area contributed by atoms with Crippen molar-refractivity contribution in [3.63, 3.8) is 0 Å². The van der Waals surface area contributed by atoms with Crippen LogP contribution >= 0.6 is 0 Å². The van der Waals surface area contributed by atoms with E-state index in [0.29, 0.717) is 0 Å². The third kappa shape index (κ3) is 3.23. The Morgan fingerprint density at radius 2 is 2.00 bits per heavy atom. The summed E-state index contributed by atoms with van der Waals surface area (Å²) < 4.78 is 0. The minimum atomic E-state index is 0.747. The van der Waals surface area contributed by atoms with E-state index in [1.807, 2.05) is 27.2 Å². The van der Waals surface area contributed by atoms with Crippen molar-refractivity contribution in [1.29, 1.82) is 0 Å². The number of nitrogens with one attached hydrogen (secondary N) is 1. The third-order valence-electron chi connectivity index (χ3n) is 2.81. The van der Waals surface area contributed by atoms with Crippen LogP contribution in [0.2, 0.25) is 0 Å². The van der Waals surface area contributed by atoms with Gasteiger partial charge in [0.2, 0.25) is 0 Å². The number of aryl methyl sites for hydroxylation is 1. The SMILES string of the molecule is Cc1ccc(CNc2cccc(N(C)C)c2)nc1. The average molecular weight is 241 g/mol. The second-order valence-corrected chi connectivity index (χ2v) is 4.63. The van der Waals surface area contributed by atoms with Crippen LogP contribution in [0.3, 0.4) is 0 Å². The maximum atomic E-state index is 4.38. The Morgan fingerprint density at radius 3 is 2.67 bits per heavy atom. The molecule has 0 radical (unpaired) electrons. The molecule has 0 aliphatic rings. The highest BCUT2D eigenvalue weighted by Crippen LogP contribution is 2.17. The first-order valence-corrected chi connectivity index (χ1v) is 6.08. The number of hydrogen-bond donors (Lipinski definition) is 1. The lowest BCUT2D eigenvalue weighted by molar-refractivity contribution is 1.03. The Morgan fingerprint density at radius 1 is 1.17 bits per heavy atom. The highest BCUT2D eigenvalue weighted by molar-refractivity contribution is 5.57. The van der Waals surface area contributed by atoms with Crippen molar-refractivity contribution in [3.05, 3.63) is 53.9 Å². The fourth-order valence-corrected chi connectivity index (χ4v) is 1.69. The predicted octanol–water partition coefficient (Wildman–Crippen LogP) is 3.07. The van der Waals surface area contributed by atoms with E-state index in [9.17, 15) is 0 Å². The Balaban J connectivity index is 2.01. The summed E-state index contributed by atoms with van der Waals surface area (Å²) in [5.41, 5.74) is 4.55. The van der Waals surface area contributed by atoms with Gasteiger partial charge in [0, 0.05) is 31.7 Å². The molecule has 0 saturated carbocycles. The molecule has 0 fully saturated rings. The van der Waals surface area contributed by atoms with Gasteiger partial charge in [-0.25, -0.2) is 0 Å². The molecule has 1 heterocycles. The smallest absolute Gasteiger partial charge is 0.0594 e. The van der Waals surface area contributed by atoms with Crippen molar-refractivity contribution < 1.29 is 0 Å². The molecule has 3 heteroatoms. The molecule has 1 N–H and O–H groups in total. The minimum absolute atomic E-state index is 0.747. The quantitative estimate of drug-likeness (QED) is 0.891. The van der Waals surface area contributed by atoms with Crippen molar-refractivity contribution in [3.8, 4) is 0 Å². The van der Waals surface area contributed by atoms with Crippen molar-refractivity contribution in [1.82, 2.24) is 4.98 Å². The largest absolute Gasteiger partial charge is 0.379 e. The van der Waals surface area contributed by atoms with Crippen molar-refractivity contribution >= 4 is 11.4 Å². The van der Waals surface area contributed by atoms with Gasteiger partial charge in [-0.1, -0.05) is 12.1 Å². The van der Waals surface area contributed by atoms with Crippen LogP contribution in [0.15, 0.2) is 42.6 Å². The first kappa shape index (κ1) is 12.4. The molecule has 0 aliphatic carbocycles. The number of anilines is 2. The zero-order valence-electron chi connectivity index (χ0n) is 11.1. The van der Waals surface area contributed by atoms with Gasteiger partial charge in [0.15, 0.2) is 0 Å². The molecule has 0 atom stereocenters. The molecule has 0 amide bonds. The Bertz CT molecular complexity index is 503. The van der Waals surface area contributed by atoms with Crippen LogP contribution in [-0.4, -0.2) is 19.1 Å². The molecule has 0 aliphatic heterocycles. The van der Waals surface area contributed by atoms with Gasteiger partial charge < -0.3 is 10.2 Å². The molecule has 1 aromatic heterocycles. The maximum Gasteiger partial charge on any atom is 0.0594 e. The van der Waals surface area contributed by atoms with Gasteiger partial charge in [0.25, 0.3) is 0 Å². The van der Waals surface area contributed by atoms with Gasteiger partial charge in [-0.15, -0.1) is 0 Å². The van der Waals surface area contributed by atoms with Gasteiger partial charge >= 0.3 is 0 Å². The van der Waals surface area contributed by atoms with Crippen LogP contribution in [0.1, 0.15) is 11.3 Å². The number of hydrogen-bond acceptors (Lipinski definition) is 3. The van der Waals surface area contributed by atoms with E-state index in [0.717, 1.165) is 17.9 Å². The van der Waals surface area contributed by atoms with E-state index >= 15 is 0 Å². The zero-order valence-corrected chi connectivity index (χ0v) is 11.1. The second-order valence-electron chi connectivity index (χ2n) is 4.63. The lowest BCUT2D eigenvalue weighted by Crippen LogP contribution is -2.09. The molecule has 1 aromatic carbocycles. The molecular formula is C15H19N3. The third-order valence-corrected chi connectivity index (χ3v) is 2.81. The molecule has 2 aromatic rings. The van der Waals surface area contributed by atoms with Crippen molar-refractivity contribution in [2.45, 2.75) is 13.5 Å². The van der Waals surface area contributed by atoms with E-state index < -0.39 is 0 Å². The van der Waals surface area contributed by atoms with E-state index in [2.05, 4.69) is 51.6 Å². The van der Waals surface area contributed by atoms with Crippen molar-refractivity contribution in [2.75, 3.05) is 24.3 Å². The minimum Gasteiger partial charge on any atom is -0.379 e. The normalized spacial score (nSPS) is 10.2. The Kier molecular flexibility index (Phi) is 3.82. The van der Waals surface area contributed by atoms with Crippen LogP contribution < -0.4 is 10.2 Å². The van der Waals surface area contributed by atoms with Crippen LogP contribution in [0.4, 0.5) is 11.4 Å². The van der Waals surface area contributed by atoms with Gasteiger partial charge in [0.1, 0.15) is 0 Å². The molecular weight excluding hydrogens is 222 g/mol.